The highest BCUT2D eigenvalue weighted by atomic mass is 35.5. The number of nitrogens with one attached hydrogen (secondary N) is 2. The number of benzene rings is 1. The molecule has 4 bridgehead atoms. The summed E-state index contributed by atoms with van der Waals surface area (Å²) < 4.78 is 0. The topological polar surface area (TPSA) is 58.2 Å². The van der Waals surface area contributed by atoms with Crippen molar-refractivity contribution in [1.29, 1.82) is 0 Å². The molecular weight excluding hydrogens is 372 g/mol. The average molecular weight is 403 g/mol. The van der Waals surface area contributed by atoms with E-state index in [-0.39, 0.29) is 17.9 Å². The van der Waals surface area contributed by atoms with E-state index in [1.54, 1.807) is 24.3 Å². The molecule has 2 N–H and O–H groups in total. The van der Waals surface area contributed by atoms with Crippen LogP contribution in [0.5, 0.6) is 0 Å². The fraction of sp³-hybridized carbons (Fsp3) is 0.652. The first kappa shape index (κ1) is 19.8. The molecule has 5 rings (SSSR count). The second-order valence-corrected chi connectivity index (χ2v) is 9.70. The number of hydrogen-bond donors (Lipinski definition) is 2. The average Bonchev–Trinajstić information content (AvgIpc) is 2.65. The summed E-state index contributed by atoms with van der Waals surface area (Å²) in [5.74, 6) is 2.46. The zero-order chi connectivity index (χ0) is 19.7. The van der Waals surface area contributed by atoms with Crippen molar-refractivity contribution in [2.24, 2.45) is 23.2 Å². The third-order valence-corrected chi connectivity index (χ3v) is 7.65. The number of rotatable bonds is 7. The summed E-state index contributed by atoms with van der Waals surface area (Å²) in [4.78, 5) is 24.8. The van der Waals surface area contributed by atoms with Gasteiger partial charge in [-0.3, -0.25) is 9.59 Å². The highest BCUT2D eigenvalue weighted by Crippen LogP contribution is 2.61. The van der Waals surface area contributed by atoms with Crippen LogP contribution in [0.25, 0.3) is 0 Å². The summed E-state index contributed by atoms with van der Waals surface area (Å²) in [5.41, 5.74) is 0.768. The second kappa shape index (κ2) is 8.06. The fourth-order valence-corrected chi connectivity index (χ4v) is 6.81. The minimum absolute atomic E-state index is 0.0436. The van der Waals surface area contributed by atoms with Gasteiger partial charge < -0.3 is 10.6 Å². The van der Waals surface area contributed by atoms with Crippen LogP contribution in [0.3, 0.4) is 0 Å². The van der Waals surface area contributed by atoms with Gasteiger partial charge in [0.25, 0.3) is 5.91 Å². The summed E-state index contributed by atoms with van der Waals surface area (Å²) in [6.45, 7) is 2.52. The Kier molecular flexibility index (Phi) is 5.69. The molecule has 1 atom stereocenters. The largest absolute Gasteiger partial charge is 0.353 e. The first-order valence-corrected chi connectivity index (χ1v) is 11.2. The minimum Gasteiger partial charge on any atom is -0.353 e. The van der Waals surface area contributed by atoms with Crippen molar-refractivity contribution in [3.05, 3.63) is 34.9 Å². The molecule has 4 saturated carbocycles. The van der Waals surface area contributed by atoms with Crippen molar-refractivity contribution in [3.63, 3.8) is 0 Å². The summed E-state index contributed by atoms with van der Waals surface area (Å²) in [6.07, 6.45) is 9.42. The Bertz CT molecular complexity index is 713. The molecule has 0 aliphatic heterocycles. The zero-order valence-electron chi connectivity index (χ0n) is 16.7. The van der Waals surface area contributed by atoms with Crippen LogP contribution >= 0.6 is 11.6 Å². The van der Waals surface area contributed by atoms with Crippen LogP contribution in [0, 0.1) is 23.2 Å². The normalized spacial score (nSPS) is 31.4. The quantitative estimate of drug-likeness (QED) is 0.701. The van der Waals surface area contributed by atoms with E-state index in [2.05, 4.69) is 17.6 Å². The van der Waals surface area contributed by atoms with Crippen molar-refractivity contribution in [2.45, 2.75) is 64.3 Å². The summed E-state index contributed by atoms with van der Waals surface area (Å²) in [7, 11) is 0. The molecule has 1 aromatic carbocycles. The Hall–Kier alpha value is -1.55. The van der Waals surface area contributed by atoms with Gasteiger partial charge in [0.05, 0.1) is 10.6 Å². The Morgan fingerprint density at radius 1 is 1.11 bits per heavy atom. The number of carbonyl (C=O) groups is 2. The Balaban J connectivity index is 1.29. The van der Waals surface area contributed by atoms with E-state index in [1.807, 2.05) is 0 Å². The first-order valence-electron chi connectivity index (χ1n) is 10.8. The molecule has 4 fully saturated rings. The van der Waals surface area contributed by atoms with Crippen LogP contribution in [-0.4, -0.2) is 24.4 Å². The molecule has 0 spiro atoms. The molecule has 0 unspecified atom stereocenters. The van der Waals surface area contributed by atoms with Gasteiger partial charge in [0.1, 0.15) is 0 Å². The molecule has 0 radical (unpaired) electrons. The minimum atomic E-state index is -0.230. The van der Waals surface area contributed by atoms with Crippen molar-refractivity contribution < 1.29 is 9.59 Å². The lowest BCUT2D eigenvalue weighted by Crippen LogP contribution is -2.56. The van der Waals surface area contributed by atoms with Gasteiger partial charge >= 0.3 is 0 Å². The van der Waals surface area contributed by atoms with Crippen molar-refractivity contribution in [1.82, 2.24) is 10.6 Å². The van der Waals surface area contributed by atoms with E-state index >= 15 is 0 Å². The smallest absolute Gasteiger partial charge is 0.252 e. The second-order valence-electron chi connectivity index (χ2n) is 9.29. The number of carbonyl (C=O) groups excluding carboxylic acids is 2. The lowest BCUT2D eigenvalue weighted by Gasteiger charge is -2.59. The van der Waals surface area contributed by atoms with Crippen LogP contribution in [0.1, 0.15) is 68.6 Å². The van der Waals surface area contributed by atoms with Gasteiger partial charge in [0.15, 0.2) is 0 Å². The van der Waals surface area contributed by atoms with E-state index in [1.165, 1.54) is 38.5 Å². The number of amides is 2. The van der Waals surface area contributed by atoms with E-state index in [0.717, 1.165) is 24.2 Å². The van der Waals surface area contributed by atoms with Gasteiger partial charge in [-0.05, 0) is 80.2 Å². The van der Waals surface area contributed by atoms with Gasteiger partial charge in [-0.2, -0.15) is 0 Å². The highest BCUT2D eigenvalue weighted by Gasteiger charge is 2.53. The molecule has 152 valence electrons. The SMILES string of the molecule is CC[C@@H](NC(=O)CCNC(=O)c1ccccc1Cl)C12CC3CC(CC(C3)C1)C2. The van der Waals surface area contributed by atoms with Gasteiger partial charge in [-0.15, -0.1) is 0 Å². The molecule has 5 heteroatoms. The molecule has 0 heterocycles. The zero-order valence-corrected chi connectivity index (χ0v) is 17.4. The van der Waals surface area contributed by atoms with E-state index < -0.39 is 0 Å². The maximum atomic E-state index is 12.6. The molecule has 1 aromatic rings. The van der Waals surface area contributed by atoms with Gasteiger partial charge in [-0.25, -0.2) is 0 Å². The highest BCUT2D eigenvalue weighted by molar-refractivity contribution is 6.33. The number of halogens is 1. The first-order chi connectivity index (χ1) is 13.5. The molecule has 4 aliphatic rings. The molecule has 2 amide bonds. The number of hydrogen-bond acceptors (Lipinski definition) is 2. The predicted molar refractivity (Wildman–Crippen MR) is 111 cm³/mol. The van der Waals surface area contributed by atoms with Crippen LogP contribution in [-0.2, 0) is 4.79 Å². The Morgan fingerprint density at radius 2 is 1.71 bits per heavy atom. The van der Waals surface area contributed by atoms with E-state index in [0.29, 0.717) is 29.0 Å². The third kappa shape index (κ3) is 3.94. The van der Waals surface area contributed by atoms with E-state index in [4.69, 9.17) is 11.6 Å². The fourth-order valence-electron chi connectivity index (χ4n) is 6.59. The van der Waals surface area contributed by atoms with Crippen LogP contribution in [0.4, 0.5) is 0 Å². The lowest BCUT2D eigenvalue weighted by molar-refractivity contribution is -0.126. The van der Waals surface area contributed by atoms with Gasteiger partial charge in [0, 0.05) is 19.0 Å². The van der Waals surface area contributed by atoms with Crippen LogP contribution in [0.2, 0.25) is 5.02 Å². The summed E-state index contributed by atoms with van der Waals surface area (Å²) in [5, 5.41) is 6.57. The maximum absolute atomic E-state index is 12.6. The summed E-state index contributed by atoms with van der Waals surface area (Å²) in [6, 6.07) is 7.23. The predicted octanol–water partition coefficient (Wildman–Crippen LogP) is 4.57. The molecule has 0 saturated heterocycles. The van der Waals surface area contributed by atoms with Crippen LogP contribution in [0.15, 0.2) is 24.3 Å². The van der Waals surface area contributed by atoms with Crippen molar-refractivity contribution >= 4 is 23.4 Å². The lowest BCUT2D eigenvalue weighted by atomic mass is 9.47. The van der Waals surface area contributed by atoms with Gasteiger partial charge in [-0.1, -0.05) is 30.7 Å². The Morgan fingerprint density at radius 3 is 2.29 bits per heavy atom. The van der Waals surface area contributed by atoms with Crippen molar-refractivity contribution in [3.8, 4) is 0 Å². The standard InChI is InChI=1S/C23H31ClN2O2/c1-2-20(23-12-15-9-16(13-23)11-17(10-15)14-23)26-21(27)7-8-25-22(28)18-5-3-4-6-19(18)24/h3-6,15-17,20H,2,7-14H2,1H3,(H,25,28)(H,26,27)/t15?,16?,17?,20-,23?/m1/s1. The van der Waals surface area contributed by atoms with Crippen molar-refractivity contribution in [2.75, 3.05) is 6.54 Å². The third-order valence-electron chi connectivity index (χ3n) is 7.32. The van der Waals surface area contributed by atoms with Crippen LogP contribution < -0.4 is 10.6 Å². The molecule has 0 aromatic heterocycles. The maximum Gasteiger partial charge on any atom is 0.252 e. The van der Waals surface area contributed by atoms with E-state index in [9.17, 15) is 9.59 Å². The molecule has 28 heavy (non-hydrogen) atoms. The monoisotopic (exact) mass is 402 g/mol. The summed E-state index contributed by atoms with van der Waals surface area (Å²) >= 11 is 6.06. The molecular formula is C23H31ClN2O2. The molecule has 4 aliphatic carbocycles. The Labute approximate surface area is 172 Å². The molecule has 4 nitrogen and oxygen atoms in total. The van der Waals surface area contributed by atoms with Gasteiger partial charge in [0.2, 0.25) is 5.91 Å².